The second-order valence-electron chi connectivity index (χ2n) is 30.4. The number of hydrogen-bond acceptors (Lipinski definition) is 22. The van der Waals surface area contributed by atoms with Crippen molar-refractivity contribution in [2.45, 2.75) is 108 Å². The Kier molecular flexibility index (Phi) is 28.9. The van der Waals surface area contributed by atoms with Crippen LogP contribution in [-0.2, 0) is 56.1 Å². The number of benzene rings is 3. The minimum Gasteiger partial charge on any atom is -0.384 e. The quantitative estimate of drug-likeness (QED) is 0.0335. The number of anilines is 8. The first kappa shape index (κ1) is 99.5. The molecular weight excluding hydrogens is 2010 g/mol. The number of amides is 7. The van der Waals surface area contributed by atoms with Crippen LogP contribution in [0.5, 0.6) is 0 Å². The predicted molar refractivity (Wildman–Crippen MR) is 468 cm³/mol. The number of primary amides is 1. The highest BCUT2D eigenvalue weighted by Crippen LogP contribution is 2.43. The number of Topliss-reactive ketones (excluding diaryl/α,β-unsaturated/α-hetero) is 1. The van der Waals surface area contributed by atoms with Crippen molar-refractivity contribution in [1.29, 1.82) is 0 Å². The van der Waals surface area contributed by atoms with Crippen LogP contribution in [0.1, 0.15) is 158 Å². The Morgan fingerprint density at radius 2 is 0.791 bits per heavy atom. The summed E-state index contributed by atoms with van der Waals surface area (Å²) in [6, 6.07) is 24.6. The number of H-pyrrole nitrogens is 1. The van der Waals surface area contributed by atoms with E-state index >= 15 is 0 Å². The SMILES string of the molecule is CC(=O)c1cccc(C(F)(F)F)c1.CC1(c2cccc(C(F)(F)F)c2)NC(=O)c2c(Cl)cc(Nc3cc(NC(=O)C4CC4)ncn3)c(=O)n21.CC1(c2cccc(C(F)(F)F)c2)NC(=O)c2c(Cl)cc(Nc3cc(NC(=O)C4CC4)ncn3)c(=O)n21.CC1(c2ccnc(C(F)(F)F)c2)NC(=O)c2c(Cl)cc(Br)c(=O)n21.NC(=O)c1[nH]c(=O)c(Br)cc1Cl.Nc1cc(NC(=O)C2CC2)ncn1. The van der Waals surface area contributed by atoms with Gasteiger partial charge < -0.3 is 59.0 Å². The van der Waals surface area contributed by atoms with Crippen LogP contribution in [0, 0.1) is 17.8 Å². The molecule has 134 heavy (non-hydrogen) atoms. The third-order valence-electron chi connectivity index (χ3n) is 20.5. The number of alkyl halides is 12. The second kappa shape index (κ2) is 39.0. The Labute approximate surface area is 781 Å². The highest BCUT2D eigenvalue weighted by Gasteiger charge is 2.49. The molecule has 8 aromatic heterocycles. The van der Waals surface area contributed by atoms with Gasteiger partial charge in [0.15, 0.2) is 5.78 Å². The number of nitrogens with zero attached hydrogens (tertiary/aromatic N) is 10. The molecule has 3 atom stereocenters. The maximum atomic E-state index is 13.5. The minimum absolute atomic E-state index is 0.00722. The lowest BCUT2D eigenvalue weighted by Crippen LogP contribution is -2.46. The number of hydrogen-bond donors (Lipinski definition) is 11. The van der Waals surface area contributed by atoms with E-state index in [2.05, 4.69) is 114 Å². The lowest BCUT2D eigenvalue weighted by Gasteiger charge is -2.28. The first-order chi connectivity index (χ1) is 62.7. The first-order valence-electron chi connectivity index (χ1n) is 38.8. The molecule has 0 radical (unpaired) electrons. The summed E-state index contributed by atoms with van der Waals surface area (Å²) in [5, 5.41) is 21.2. The summed E-state index contributed by atoms with van der Waals surface area (Å²) >= 11 is 30.3. The van der Waals surface area contributed by atoms with Gasteiger partial charge in [-0.15, -0.1) is 0 Å². The Hall–Kier alpha value is -13.5. The summed E-state index contributed by atoms with van der Waals surface area (Å²) in [6.45, 7) is 5.47. The molecule has 0 saturated heterocycles. The van der Waals surface area contributed by atoms with Crippen LogP contribution in [0.25, 0.3) is 0 Å². The second-order valence-corrected chi connectivity index (χ2v) is 33.7. The van der Waals surface area contributed by atoms with Gasteiger partial charge in [-0.2, -0.15) is 52.7 Å². The van der Waals surface area contributed by atoms with Gasteiger partial charge in [-0.3, -0.25) is 76.2 Å². The molecule has 11 heterocycles. The zero-order chi connectivity index (χ0) is 98.1. The van der Waals surface area contributed by atoms with E-state index in [1.807, 2.05) is 0 Å². The van der Waals surface area contributed by atoms with Crippen LogP contribution < -0.4 is 76.2 Å². The van der Waals surface area contributed by atoms with Crippen molar-refractivity contribution in [3.8, 4) is 0 Å². The average Bonchev–Trinajstić information content (AvgIpc) is 1.55. The first-order valence-corrected chi connectivity index (χ1v) is 41.9. The average molecular weight is 2080 g/mol. The Bertz CT molecular complexity index is 6640. The highest BCUT2D eigenvalue weighted by atomic mass is 79.9. The molecule has 13 N–H and O–H groups in total. The van der Waals surface area contributed by atoms with E-state index in [1.165, 1.54) is 126 Å². The van der Waals surface area contributed by atoms with Gasteiger partial charge in [0.05, 0.1) is 45.7 Å². The van der Waals surface area contributed by atoms with Crippen LogP contribution in [0.15, 0.2) is 181 Å². The molecule has 51 heteroatoms. The number of rotatable bonds is 15. The smallest absolute Gasteiger partial charge is 0.384 e. The summed E-state index contributed by atoms with van der Waals surface area (Å²) in [5.41, 5.74) is -1.30. The molecule has 3 unspecified atom stereocenters. The fraction of sp³-hybridized carbons (Fsp3) is 0.241. The number of carbonyl (C=O) groups excluding carboxylic acids is 8. The van der Waals surface area contributed by atoms with E-state index < -0.39 is 110 Å². The van der Waals surface area contributed by atoms with Gasteiger partial charge in [0.1, 0.15) is 111 Å². The van der Waals surface area contributed by atoms with Gasteiger partial charge in [-0.25, -0.2) is 29.9 Å². The van der Waals surface area contributed by atoms with Crippen LogP contribution in [0.3, 0.4) is 0 Å². The molecule has 3 saturated carbocycles. The fourth-order valence-corrected chi connectivity index (χ4v) is 15.4. The molecule has 11 aromatic rings. The molecule has 3 aliphatic heterocycles. The van der Waals surface area contributed by atoms with E-state index in [-0.39, 0.29) is 150 Å². The molecule has 0 spiro atoms. The van der Waals surface area contributed by atoms with Gasteiger partial charge >= 0.3 is 24.7 Å². The summed E-state index contributed by atoms with van der Waals surface area (Å²) in [7, 11) is 0. The van der Waals surface area contributed by atoms with Crippen LogP contribution in [0.2, 0.25) is 20.1 Å². The number of pyridine rings is 5. The van der Waals surface area contributed by atoms with E-state index in [4.69, 9.17) is 57.9 Å². The fourth-order valence-electron chi connectivity index (χ4n) is 13.3. The minimum atomic E-state index is -4.66. The lowest BCUT2D eigenvalue weighted by atomic mass is 9.99. The molecule has 6 aliphatic rings. The zero-order valence-electron chi connectivity index (χ0n) is 68.7. The van der Waals surface area contributed by atoms with Gasteiger partial charge in [0.25, 0.3) is 45.9 Å². The number of aromatic nitrogens is 11. The van der Waals surface area contributed by atoms with Crippen molar-refractivity contribution in [3.05, 3.63) is 290 Å². The number of halogens is 18. The summed E-state index contributed by atoms with van der Waals surface area (Å²) in [4.78, 5) is 174. The summed E-state index contributed by atoms with van der Waals surface area (Å²) in [5.74, 6) is -1.83. The molecule has 3 aromatic carbocycles. The number of fused-ring (bicyclic) bond motifs is 3. The van der Waals surface area contributed by atoms with Gasteiger partial charge in [0, 0.05) is 53.3 Å². The number of nitrogen functional groups attached to an aromatic ring is 1. The van der Waals surface area contributed by atoms with Crippen LogP contribution in [-0.4, -0.2) is 101 Å². The number of ketones is 1. The van der Waals surface area contributed by atoms with Crippen molar-refractivity contribution in [2.24, 2.45) is 23.5 Å². The Balaban J connectivity index is 0.000000153. The highest BCUT2D eigenvalue weighted by molar-refractivity contribution is 9.10. The van der Waals surface area contributed by atoms with E-state index in [0.717, 1.165) is 101 Å². The molecule has 7 amide bonds. The molecule has 0 bridgehead atoms. The van der Waals surface area contributed by atoms with Gasteiger partial charge in [-0.1, -0.05) is 82.8 Å². The molecule has 3 fully saturated rings. The number of nitrogens with one attached hydrogen (secondary N) is 9. The standard InChI is InChI=1S/2C23H18ClF3N6O3.C14H8BrClF3N3O2.C9H7F3O.C8H10N4O.C6H4BrClN2O2/c2*1-22(12-3-2-4-13(7-12)23(25,26)27)32-20(35)18-14(24)8-15(21(36)33(18)22)30-16-9-17(29-10-28-16)31-19(34)11-5-6-11;1-13(6-2-3-20-9(4-6)14(17,18)19)21-11(23)10-8(16)5-7(15)12(24)22(10)13;1-6(13)7-3-2-4-8(5-7)9(10,11)12;9-6-3-7(11-4-10-6)12-8(13)5-1-2-5;7-2-1-3(8)4(5(9)11)10-6(2)12/h2*2-4,7-11H,5-6H2,1H3,(H,32,35)(H2,28,29,30,31,34);2-5H,1H3,(H,21,23);2-5H,1H3;3-5H,1-2H2,(H3,9,10,11,12,13);1H,(H2,9,11)(H,10,12). The third-order valence-corrected chi connectivity index (χ3v) is 22.8. The maximum absolute atomic E-state index is 13.5. The molecule has 17 rings (SSSR count). The topological polar surface area (TPSA) is 474 Å². The number of nitrogens with two attached hydrogens (primary N) is 2. The Morgan fingerprint density at radius 1 is 0.433 bits per heavy atom. The van der Waals surface area contributed by atoms with Gasteiger partial charge in [-0.05, 0) is 182 Å². The number of carbonyl (C=O) groups is 8. The third kappa shape index (κ3) is 22.7. The Morgan fingerprint density at radius 3 is 1.17 bits per heavy atom. The van der Waals surface area contributed by atoms with Crippen LogP contribution >= 0.6 is 78.3 Å². The zero-order valence-corrected chi connectivity index (χ0v) is 74.9. The largest absolute Gasteiger partial charge is 0.433 e. The van der Waals surface area contributed by atoms with Gasteiger partial charge in [0.2, 0.25) is 17.7 Å². The van der Waals surface area contributed by atoms with Crippen molar-refractivity contribution in [3.63, 3.8) is 0 Å². The summed E-state index contributed by atoms with van der Waals surface area (Å²) in [6.07, 6.45) is -8.41. The molecule has 33 nitrogen and oxygen atoms in total. The van der Waals surface area contributed by atoms with Crippen molar-refractivity contribution in [1.82, 2.24) is 69.5 Å². The van der Waals surface area contributed by atoms with E-state index in [0.29, 0.717) is 11.6 Å². The normalized spacial score (nSPS) is 17.3. The van der Waals surface area contributed by atoms with E-state index in [9.17, 15) is 110 Å². The van der Waals surface area contributed by atoms with Crippen molar-refractivity contribution < 1.29 is 91.0 Å². The molecular formula is C83H65Br2Cl4F12N21O12. The maximum Gasteiger partial charge on any atom is 0.433 e. The predicted octanol–water partition coefficient (Wildman–Crippen LogP) is 15.1. The molecule has 700 valence electrons. The van der Waals surface area contributed by atoms with Crippen LogP contribution in [0.4, 0.5) is 99.0 Å². The van der Waals surface area contributed by atoms with Crippen molar-refractivity contribution in [2.75, 3.05) is 32.3 Å². The lowest BCUT2D eigenvalue weighted by molar-refractivity contribution is -0.141. The monoisotopic (exact) mass is 2070 g/mol. The summed E-state index contributed by atoms with van der Waals surface area (Å²) < 4.78 is 159. The number of aromatic amines is 1. The van der Waals surface area contributed by atoms with Crippen molar-refractivity contribution >= 4 is 172 Å². The molecule has 3 aliphatic carbocycles. The van der Waals surface area contributed by atoms with E-state index in [1.54, 1.807) is 6.07 Å².